The number of fused-ring (bicyclic) bond motifs is 2. The maximum Gasteiger partial charge on any atom is 0.264 e. The molecule has 2 amide bonds. The molecule has 1 N–H and O–H groups in total. The van der Waals surface area contributed by atoms with E-state index in [4.69, 9.17) is 37.2 Å². The molecule has 0 radical (unpaired) electrons. The van der Waals surface area contributed by atoms with E-state index in [0.717, 1.165) is 24.2 Å². The number of ether oxygens (including phenoxy) is 2. The summed E-state index contributed by atoms with van der Waals surface area (Å²) in [6.45, 7) is 1.14. The number of nitrogens with one attached hydrogen (secondary N) is 1. The van der Waals surface area contributed by atoms with E-state index in [1.807, 2.05) is 0 Å². The van der Waals surface area contributed by atoms with Gasteiger partial charge in [-0.3, -0.25) is 9.59 Å². The highest BCUT2D eigenvalue weighted by atomic mass is 35.5. The van der Waals surface area contributed by atoms with Gasteiger partial charge < -0.3 is 18.9 Å². The second kappa shape index (κ2) is 11.8. The summed E-state index contributed by atoms with van der Waals surface area (Å²) in [5.74, 6) is -0.228. The van der Waals surface area contributed by atoms with Gasteiger partial charge in [-0.1, -0.05) is 34.4 Å². The molecule has 3 aromatic rings. The Balaban J connectivity index is 1.00. The maximum absolute atomic E-state index is 13.5. The molecular weight excluding hydrogens is 629 g/mol. The van der Waals surface area contributed by atoms with Crippen molar-refractivity contribution in [2.45, 2.75) is 56.8 Å². The Bertz CT molecular complexity index is 1680. The Hall–Kier alpha value is -2.96. The number of aromatic nitrogens is 1. The molecule has 13 heteroatoms. The Morgan fingerprint density at radius 3 is 2.48 bits per heavy atom. The van der Waals surface area contributed by atoms with Crippen molar-refractivity contribution in [2.24, 2.45) is 11.8 Å². The summed E-state index contributed by atoms with van der Waals surface area (Å²) >= 11 is 13.0. The summed E-state index contributed by atoms with van der Waals surface area (Å²) in [4.78, 5) is 27.9. The third-order valence-electron chi connectivity index (χ3n) is 8.94. The summed E-state index contributed by atoms with van der Waals surface area (Å²) in [5, 5.41) is 5.28. The van der Waals surface area contributed by atoms with Crippen molar-refractivity contribution in [3.8, 4) is 11.3 Å². The van der Waals surface area contributed by atoms with Crippen LogP contribution in [0.25, 0.3) is 11.3 Å². The Kier molecular flexibility index (Phi) is 7.95. The fourth-order valence-electron chi connectivity index (χ4n) is 6.60. The quantitative estimate of drug-likeness (QED) is 0.309. The number of anilines is 1. The number of benzene rings is 2. The van der Waals surface area contributed by atoms with Crippen LogP contribution in [0.15, 0.2) is 47.0 Å². The van der Waals surface area contributed by atoms with Crippen molar-refractivity contribution in [1.82, 2.24) is 9.88 Å². The summed E-state index contributed by atoms with van der Waals surface area (Å²) in [7, 11) is -3.79. The number of sulfonamides is 1. The molecule has 2 aliphatic carbocycles. The van der Waals surface area contributed by atoms with Gasteiger partial charge in [0.15, 0.2) is 0 Å². The third kappa shape index (κ3) is 5.76. The number of carbonyl (C=O) groups excluding carboxylic acids is 2. The molecule has 4 aliphatic rings. The van der Waals surface area contributed by atoms with Crippen LogP contribution in [0.1, 0.15) is 59.7 Å². The van der Waals surface area contributed by atoms with E-state index in [-0.39, 0.29) is 47.8 Å². The number of hydrogen-bond acceptors (Lipinski definition) is 8. The molecule has 3 heterocycles. The topological polar surface area (TPSA) is 128 Å². The molecule has 1 unspecified atom stereocenters. The molecule has 44 heavy (non-hydrogen) atoms. The van der Waals surface area contributed by atoms with Gasteiger partial charge in [-0.05, 0) is 68.5 Å². The van der Waals surface area contributed by atoms with Crippen molar-refractivity contribution in [2.75, 3.05) is 23.9 Å². The van der Waals surface area contributed by atoms with Crippen molar-refractivity contribution < 1.29 is 32.0 Å². The monoisotopic (exact) mass is 659 g/mol. The molecule has 10 nitrogen and oxygen atoms in total. The second-order valence-electron chi connectivity index (χ2n) is 12.0. The summed E-state index contributed by atoms with van der Waals surface area (Å²) in [6, 6.07) is 11.7. The average molecular weight is 661 g/mol. The molecule has 2 saturated carbocycles. The average Bonchev–Trinajstić information content (AvgIpc) is 3.28. The fourth-order valence-corrected chi connectivity index (χ4v) is 8.55. The van der Waals surface area contributed by atoms with Crippen molar-refractivity contribution in [1.29, 1.82) is 0 Å². The molecule has 2 saturated heterocycles. The highest BCUT2D eigenvalue weighted by Gasteiger charge is 2.52. The summed E-state index contributed by atoms with van der Waals surface area (Å²) in [5.41, 5.74) is 2.87. The van der Waals surface area contributed by atoms with Gasteiger partial charge in [0.2, 0.25) is 15.9 Å². The number of amides is 2. The largest absolute Gasteiger partial charge is 0.381 e. The first-order chi connectivity index (χ1) is 21.2. The lowest BCUT2D eigenvalue weighted by atomic mass is 10.0. The number of piperidine rings is 1. The van der Waals surface area contributed by atoms with Crippen LogP contribution in [0, 0.1) is 11.8 Å². The predicted molar refractivity (Wildman–Crippen MR) is 163 cm³/mol. The number of rotatable bonds is 10. The Morgan fingerprint density at radius 2 is 1.82 bits per heavy atom. The minimum Gasteiger partial charge on any atom is -0.381 e. The smallest absolute Gasteiger partial charge is 0.264 e. The molecule has 4 atom stereocenters. The zero-order valence-corrected chi connectivity index (χ0v) is 26.0. The minimum absolute atomic E-state index is 0.0353. The number of halogens is 2. The summed E-state index contributed by atoms with van der Waals surface area (Å²) in [6.07, 6.45) is 3.76. The molecule has 2 aromatic carbocycles. The first kappa shape index (κ1) is 29.7. The lowest BCUT2D eigenvalue weighted by Gasteiger charge is -2.31. The molecule has 4 fully saturated rings. The lowest BCUT2D eigenvalue weighted by molar-refractivity contribution is -0.126. The van der Waals surface area contributed by atoms with E-state index in [1.54, 1.807) is 47.4 Å². The van der Waals surface area contributed by atoms with Crippen molar-refractivity contribution in [3.63, 3.8) is 0 Å². The first-order valence-corrected chi connectivity index (χ1v) is 17.2. The van der Waals surface area contributed by atoms with E-state index in [2.05, 4.69) is 9.88 Å². The van der Waals surface area contributed by atoms with E-state index >= 15 is 0 Å². The van der Waals surface area contributed by atoms with Gasteiger partial charge in [0.05, 0.1) is 41.0 Å². The van der Waals surface area contributed by atoms with Crippen LogP contribution in [0.3, 0.4) is 0 Å². The van der Waals surface area contributed by atoms with Crippen LogP contribution in [0.4, 0.5) is 5.69 Å². The van der Waals surface area contributed by atoms with Gasteiger partial charge in [-0.2, -0.15) is 0 Å². The fraction of sp³-hybridized carbons (Fsp3) is 0.452. The van der Waals surface area contributed by atoms with Crippen molar-refractivity contribution >= 4 is 50.7 Å². The van der Waals surface area contributed by atoms with Gasteiger partial charge in [-0.25, -0.2) is 13.1 Å². The van der Waals surface area contributed by atoms with Crippen LogP contribution in [0.2, 0.25) is 10.0 Å². The van der Waals surface area contributed by atoms with Gasteiger partial charge in [0, 0.05) is 46.9 Å². The molecule has 232 valence electrons. The third-order valence-corrected chi connectivity index (χ3v) is 11.0. The maximum atomic E-state index is 13.5. The molecular formula is C31H31Cl2N3O7S. The SMILES string of the molecule is O=C(NS(=O)(=O)CC1CCOC1)c1ccc(N2C(=O)[C@@H]3C[C@H]2C[C@H]3OCc2c(-c3c(Cl)cccc3Cl)noc2C2CC2)cc1. The molecule has 0 spiro atoms. The number of carbonyl (C=O) groups is 2. The van der Waals surface area contributed by atoms with Gasteiger partial charge in [-0.15, -0.1) is 0 Å². The first-order valence-electron chi connectivity index (χ1n) is 14.8. The van der Waals surface area contributed by atoms with E-state index in [1.165, 1.54) is 0 Å². The highest BCUT2D eigenvalue weighted by Crippen LogP contribution is 2.47. The standard InChI is InChI=1S/C31H31Cl2N3O7S/c32-24-2-1-3-25(33)27(24)28-23(29(43-34-28)18-4-5-18)15-42-26-13-21-12-22(26)31(38)36(21)20-8-6-19(7-9-20)30(37)35-44(39,40)16-17-10-11-41-14-17/h1-3,6-9,17-18,21-22,26H,4-5,10-16H2,(H,35,37)/t17?,21-,22+,26+/m0/s1. The van der Waals surface area contributed by atoms with E-state index < -0.39 is 15.9 Å². The summed E-state index contributed by atoms with van der Waals surface area (Å²) < 4.78 is 44.4. The Morgan fingerprint density at radius 1 is 1.07 bits per heavy atom. The molecule has 1 aromatic heterocycles. The van der Waals surface area contributed by atoms with Crippen LogP contribution < -0.4 is 9.62 Å². The molecule has 7 rings (SSSR count). The van der Waals surface area contributed by atoms with E-state index in [0.29, 0.717) is 65.4 Å². The lowest BCUT2D eigenvalue weighted by Crippen LogP contribution is -2.43. The molecule has 2 aliphatic heterocycles. The van der Waals surface area contributed by atoms with E-state index in [9.17, 15) is 18.0 Å². The highest BCUT2D eigenvalue weighted by molar-refractivity contribution is 7.90. The van der Waals surface area contributed by atoms with Crippen LogP contribution in [-0.4, -0.2) is 56.5 Å². The molecule has 2 bridgehead atoms. The predicted octanol–water partition coefficient (Wildman–Crippen LogP) is 5.33. The second-order valence-corrected chi connectivity index (χ2v) is 14.6. The van der Waals surface area contributed by atoms with Gasteiger partial charge in [0.1, 0.15) is 11.5 Å². The number of nitrogens with zero attached hydrogens (tertiary/aromatic N) is 2. The van der Waals surface area contributed by atoms with Crippen molar-refractivity contribution in [3.05, 3.63) is 69.4 Å². The zero-order chi connectivity index (χ0) is 30.6. The van der Waals surface area contributed by atoms with Gasteiger partial charge >= 0.3 is 0 Å². The van der Waals surface area contributed by atoms with Gasteiger partial charge in [0.25, 0.3) is 5.91 Å². The van der Waals surface area contributed by atoms with Crippen LogP contribution in [0.5, 0.6) is 0 Å². The normalized spacial score (nSPS) is 24.8. The number of hydrogen-bond donors (Lipinski definition) is 1. The Labute approximate surface area is 265 Å². The van der Waals surface area contributed by atoms with Crippen LogP contribution >= 0.6 is 23.2 Å². The van der Waals surface area contributed by atoms with Crippen LogP contribution in [-0.2, 0) is 30.9 Å². The zero-order valence-electron chi connectivity index (χ0n) is 23.7. The minimum atomic E-state index is -3.79.